The number of H-pyrrole nitrogens is 1. The quantitative estimate of drug-likeness (QED) is 0.431. The van der Waals surface area contributed by atoms with Crippen molar-refractivity contribution in [1.29, 1.82) is 0 Å². The highest BCUT2D eigenvalue weighted by molar-refractivity contribution is 7.99. The Balaban J connectivity index is 2.07. The molecule has 5 nitrogen and oxygen atoms in total. The minimum absolute atomic E-state index is 0.0530. The van der Waals surface area contributed by atoms with E-state index >= 15 is 0 Å². The molecule has 31 heavy (non-hydrogen) atoms. The van der Waals surface area contributed by atoms with Crippen molar-refractivity contribution in [3.05, 3.63) is 57.0 Å². The first-order valence-electron chi connectivity index (χ1n) is 10.3. The number of carbonyl (C=O) groups excluding carboxylic acids is 1. The van der Waals surface area contributed by atoms with E-state index in [0.717, 1.165) is 5.56 Å². The molecule has 1 aromatic carbocycles. The zero-order valence-corrected chi connectivity index (χ0v) is 19.7. The first-order chi connectivity index (χ1) is 14.4. The number of amides is 1. The summed E-state index contributed by atoms with van der Waals surface area (Å²) in [6, 6.07) is 8.12. The minimum Gasteiger partial charge on any atom is -0.349 e. The minimum atomic E-state index is -2.66. The fourth-order valence-electron chi connectivity index (χ4n) is 3.33. The summed E-state index contributed by atoms with van der Waals surface area (Å²) in [7, 11) is 0. The third-order valence-electron chi connectivity index (χ3n) is 5.12. The van der Waals surface area contributed by atoms with E-state index in [1.54, 1.807) is 6.92 Å². The Labute approximate surface area is 186 Å². The second kappa shape index (κ2) is 10.4. The largest absolute Gasteiger partial charge is 0.349 e. The Morgan fingerprint density at radius 1 is 1.19 bits per heavy atom. The number of alkyl halides is 2. The molecule has 170 valence electrons. The molecular formula is C23H31F2N3O2S. The van der Waals surface area contributed by atoms with Gasteiger partial charge in [-0.15, -0.1) is 0 Å². The zero-order valence-electron chi connectivity index (χ0n) is 18.9. The fourth-order valence-corrected chi connectivity index (χ4v) is 3.84. The third-order valence-corrected chi connectivity index (χ3v) is 5.72. The highest BCUT2D eigenvalue weighted by atomic mass is 32.2. The van der Waals surface area contributed by atoms with Crippen molar-refractivity contribution >= 4 is 17.7 Å². The summed E-state index contributed by atoms with van der Waals surface area (Å²) in [6.45, 7) is 12.1. The smallest absolute Gasteiger partial charge is 0.291 e. The summed E-state index contributed by atoms with van der Waals surface area (Å²) in [5.74, 6) is -2.66. The molecule has 1 unspecified atom stereocenters. The molecule has 2 rings (SSSR count). The van der Waals surface area contributed by atoms with Crippen LogP contribution in [0.15, 0.2) is 34.2 Å². The van der Waals surface area contributed by atoms with E-state index in [1.165, 1.54) is 5.56 Å². The van der Waals surface area contributed by atoms with E-state index < -0.39 is 11.3 Å². The molecule has 0 aliphatic rings. The molecule has 0 saturated heterocycles. The number of nitrogens with zero attached hydrogens (tertiary/aromatic N) is 1. The average molecular weight is 452 g/mol. The van der Waals surface area contributed by atoms with Crippen LogP contribution in [0.2, 0.25) is 0 Å². The number of hydrogen-bond donors (Lipinski definition) is 2. The second-order valence-corrected chi connectivity index (χ2v) is 9.95. The van der Waals surface area contributed by atoms with Crippen molar-refractivity contribution in [3.8, 4) is 0 Å². The molecule has 1 atom stereocenters. The van der Waals surface area contributed by atoms with Crippen molar-refractivity contribution in [2.75, 3.05) is 0 Å². The number of rotatable bonds is 8. The maximum atomic E-state index is 12.6. The summed E-state index contributed by atoms with van der Waals surface area (Å²) in [4.78, 5) is 31.2. The van der Waals surface area contributed by atoms with Crippen molar-refractivity contribution in [1.82, 2.24) is 15.3 Å². The van der Waals surface area contributed by atoms with Gasteiger partial charge >= 0.3 is 0 Å². The lowest BCUT2D eigenvalue weighted by Crippen LogP contribution is -2.32. The lowest BCUT2D eigenvalue weighted by atomic mass is 9.85. The average Bonchev–Trinajstić information content (AvgIpc) is 2.64. The maximum Gasteiger partial charge on any atom is 0.291 e. The highest BCUT2D eigenvalue weighted by Crippen LogP contribution is 2.27. The number of aromatic amines is 1. The van der Waals surface area contributed by atoms with Gasteiger partial charge in [0.1, 0.15) is 0 Å². The SMILES string of the molecule is Cc1nc(SC(F)F)[nH]c(=O)c1CCC(=O)NC(c1ccc(C(C)(C)C)cc1)C(C)C. The number of nitrogens with one attached hydrogen (secondary N) is 2. The van der Waals surface area contributed by atoms with Crippen LogP contribution in [0, 0.1) is 12.8 Å². The highest BCUT2D eigenvalue weighted by Gasteiger charge is 2.21. The Bertz CT molecular complexity index is 951. The first-order valence-corrected chi connectivity index (χ1v) is 11.2. The van der Waals surface area contributed by atoms with E-state index in [2.05, 4.69) is 48.2 Å². The summed E-state index contributed by atoms with van der Waals surface area (Å²) in [5.41, 5.74) is 2.52. The van der Waals surface area contributed by atoms with Gasteiger partial charge in [0.15, 0.2) is 5.16 Å². The summed E-state index contributed by atoms with van der Waals surface area (Å²) in [5, 5.41) is 2.94. The third kappa shape index (κ3) is 7.16. The van der Waals surface area contributed by atoms with Crippen LogP contribution in [0.5, 0.6) is 0 Å². The van der Waals surface area contributed by atoms with E-state index in [1.807, 2.05) is 26.0 Å². The van der Waals surface area contributed by atoms with Gasteiger partial charge in [0.05, 0.1) is 6.04 Å². The Morgan fingerprint density at radius 2 is 1.81 bits per heavy atom. The van der Waals surface area contributed by atoms with E-state index in [-0.39, 0.29) is 53.0 Å². The molecule has 0 saturated carbocycles. The topological polar surface area (TPSA) is 74.8 Å². The number of aromatic nitrogens is 2. The van der Waals surface area contributed by atoms with Gasteiger partial charge in [-0.05, 0) is 47.6 Å². The zero-order chi connectivity index (χ0) is 23.3. The van der Waals surface area contributed by atoms with Gasteiger partial charge in [-0.2, -0.15) is 8.78 Å². The number of carbonyl (C=O) groups is 1. The number of thioether (sulfide) groups is 1. The van der Waals surface area contributed by atoms with Gasteiger partial charge in [-0.3, -0.25) is 9.59 Å². The first kappa shape index (κ1) is 25.0. The molecule has 0 radical (unpaired) electrons. The van der Waals surface area contributed by atoms with Crippen LogP contribution in [0.3, 0.4) is 0 Å². The number of benzene rings is 1. The number of halogens is 2. The molecule has 2 aromatic rings. The molecule has 2 N–H and O–H groups in total. The van der Waals surface area contributed by atoms with Gasteiger partial charge in [0, 0.05) is 17.7 Å². The van der Waals surface area contributed by atoms with Gasteiger partial charge in [0.25, 0.3) is 11.3 Å². The second-order valence-electron chi connectivity index (χ2n) is 8.97. The number of hydrogen-bond acceptors (Lipinski definition) is 4. The van der Waals surface area contributed by atoms with Gasteiger partial charge < -0.3 is 10.3 Å². The van der Waals surface area contributed by atoms with Gasteiger partial charge in [-0.1, -0.05) is 58.9 Å². The van der Waals surface area contributed by atoms with Crippen molar-refractivity contribution in [3.63, 3.8) is 0 Å². The lowest BCUT2D eigenvalue weighted by molar-refractivity contribution is -0.122. The Hall–Kier alpha value is -2.22. The van der Waals surface area contributed by atoms with Gasteiger partial charge in [0.2, 0.25) is 5.91 Å². The molecule has 1 heterocycles. The van der Waals surface area contributed by atoms with E-state index in [4.69, 9.17) is 0 Å². The molecular weight excluding hydrogens is 420 g/mol. The maximum absolute atomic E-state index is 12.6. The normalized spacial score (nSPS) is 13.0. The monoisotopic (exact) mass is 451 g/mol. The predicted molar refractivity (Wildman–Crippen MR) is 121 cm³/mol. The van der Waals surface area contributed by atoms with Crippen LogP contribution < -0.4 is 10.9 Å². The van der Waals surface area contributed by atoms with Crippen molar-refractivity contribution < 1.29 is 13.6 Å². The van der Waals surface area contributed by atoms with E-state index in [9.17, 15) is 18.4 Å². The number of aryl methyl sites for hydroxylation is 1. The molecule has 8 heteroatoms. The molecule has 0 aliphatic heterocycles. The molecule has 0 aliphatic carbocycles. The molecule has 0 spiro atoms. The van der Waals surface area contributed by atoms with Crippen LogP contribution in [0.25, 0.3) is 0 Å². The van der Waals surface area contributed by atoms with Gasteiger partial charge in [-0.25, -0.2) is 4.98 Å². The Kier molecular flexibility index (Phi) is 8.40. The molecule has 0 fully saturated rings. The van der Waals surface area contributed by atoms with Crippen LogP contribution in [0.1, 0.15) is 69.5 Å². The fraction of sp³-hybridized carbons (Fsp3) is 0.522. The van der Waals surface area contributed by atoms with E-state index in [0.29, 0.717) is 11.3 Å². The lowest BCUT2D eigenvalue weighted by Gasteiger charge is -2.25. The molecule has 1 amide bonds. The Morgan fingerprint density at radius 3 is 2.29 bits per heavy atom. The molecule has 0 bridgehead atoms. The summed E-state index contributed by atoms with van der Waals surface area (Å²) >= 11 is 0.192. The van der Waals surface area contributed by atoms with Crippen LogP contribution in [-0.4, -0.2) is 21.6 Å². The molecule has 1 aromatic heterocycles. The van der Waals surface area contributed by atoms with Crippen molar-refractivity contribution in [2.45, 2.75) is 76.8 Å². The summed E-state index contributed by atoms with van der Waals surface area (Å²) < 4.78 is 25.0. The summed E-state index contributed by atoms with van der Waals surface area (Å²) in [6.07, 6.45) is 0.295. The van der Waals surface area contributed by atoms with Crippen LogP contribution in [0.4, 0.5) is 8.78 Å². The van der Waals surface area contributed by atoms with Crippen molar-refractivity contribution in [2.24, 2.45) is 5.92 Å². The standard InChI is InChI=1S/C23H31F2N3O2S/c1-13(2)19(15-7-9-16(10-8-15)23(4,5)6)27-18(29)12-11-17-14(3)26-22(28-20(17)30)31-21(24)25/h7-10,13,19,21H,11-12H2,1-6H3,(H,27,29)(H,26,28,30). The van der Waals surface area contributed by atoms with Crippen LogP contribution >= 0.6 is 11.8 Å². The van der Waals surface area contributed by atoms with Crippen LogP contribution in [-0.2, 0) is 16.6 Å². The predicted octanol–water partition coefficient (Wildman–Crippen LogP) is 5.14.